The first-order valence-electron chi connectivity index (χ1n) is 6.07. The van der Waals surface area contributed by atoms with Crippen molar-refractivity contribution in [1.29, 1.82) is 0 Å². The van der Waals surface area contributed by atoms with Crippen LogP contribution < -0.4 is 10.5 Å². The van der Waals surface area contributed by atoms with Gasteiger partial charge in [-0.2, -0.15) is 0 Å². The van der Waals surface area contributed by atoms with Gasteiger partial charge in [-0.25, -0.2) is 17.9 Å². The van der Waals surface area contributed by atoms with Crippen LogP contribution >= 0.6 is 0 Å². The Balaban J connectivity index is 2.00. The lowest BCUT2D eigenvalue weighted by molar-refractivity contribution is 0.593. The third-order valence-electron chi connectivity index (χ3n) is 2.84. The molecule has 2 aromatic rings. The first kappa shape index (κ1) is 14.5. The number of rotatable bonds is 5. The number of hydrogen-bond acceptors (Lipinski definition) is 3. The van der Waals surface area contributed by atoms with Gasteiger partial charge in [-0.05, 0) is 30.2 Å². The summed E-state index contributed by atoms with van der Waals surface area (Å²) < 4.78 is 35.9. The van der Waals surface area contributed by atoms with Gasteiger partial charge in [-0.15, -0.1) is 0 Å². The molecule has 0 aliphatic heterocycles. The molecule has 6 heteroatoms. The van der Waals surface area contributed by atoms with E-state index in [1.54, 1.807) is 0 Å². The predicted octanol–water partition coefficient (Wildman–Crippen LogP) is 2.13. The number of halogens is 1. The number of hydrogen-bond donors (Lipinski definition) is 2. The van der Waals surface area contributed by atoms with E-state index in [0.717, 1.165) is 18.1 Å². The molecule has 106 valence electrons. The lowest BCUT2D eigenvalue weighted by Crippen LogP contribution is -2.13. The topological polar surface area (TPSA) is 72.2 Å². The number of benzene rings is 2. The third-order valence-corrected chi connectivity index (χ3v) is 3.75. The number of primary sulfonamides is 1. The van der Waals surface area contributed by atoms with Gasteiger partial charge in [0.2, 0.25) is 10.0 Å². The maximum Gasteiger partial charge on any atom is 0.238 e. The molecular weight excluding hydrogens is 279 g/mol. The first-order chi connectivity index (χ1) is 9.47. The molecule has 3 N–H and O–H groups in total. The monoisotopic (exact) mass is 294 g/mol. The zero-order valence-corrected chi connectivity index (χ0v) is 11.5. The molecular formula is C14H15FN2O2S. The Hall–Kier alpha value is -1.92. The van der Waals surface area contributed by atoms with Crippen LogP contribution in [0.3, 0.4) is 0 Å². The number of nitrogens with two attached hydrogens (primary N) is 1. The van der Waals surface area contributed by atoms with Gasteiger partial charge in [0.15, 0.2) is 0 Å². The summed E-state index contributed by atoms with van der Waals surface area (Å²) in [6.07, 6.45) is 0.747. The quantitative estimate of drug-likeness (QED) is 0.887. The molecule has 0 spiro atoms. The SMILES string of the molecule is NS(=O)(=O)c1ccc(NCCc2ccccc2)c(F)c1. The molecule has 2 aromatic carbocycles. The van der Waals surface area contributed by atoms with Crippen molar-refractivity contribution in [2.45, 2.75) is 11.3 Å². The van der Waals surface area contributed by atoms with Crippen molar-refractivity contribution in [1.82, 2.24) is 0 Å². The first-order valence-corrected chi connectivity index (χ1v) is 7.61. The minimum atomic E-state index is -3.87. The molecule has 0 amide bonds. The van der Waals surface area contributed by atoms with Crippen LogP contribution in [0.1, 0.15) is 5.56 Å². The molecule has 0 unspecified atom stereocenters. The van der Waals surface area contributed by atoms with Crippen LogP contribution in [0.25, 0.3) is 0 Å². The van der Waals surface area contributed by atoms with Crippen LogP contribution in [-0.4, -0.2) is 15.0 Å². The summed E-state index contributed by atoms with van der Waals surface area (Å²) in [5.41, 5.74) is 1.40. The molecule has 20 heavy (non-hydrogen) atoms. The fourth-order valence-electron chi connectivity index (χ4n) is 1.80. The van der Waals surface area contributed by atoms with Crippen LogP contribution in [0.4, 0.5) is 10.1 Å². The highest BCUT2D eigenvalue weighted by atomic mass is 32.2. The fourth-order valence-corrected chi connectivity index (χ4v) is 2.33. The van der Waals surface area contributed by atoms with E-state index in [1.165, 1.54) is 12.1 Å². The van der Waals surface area contributed by atoms with Crippen molar-refractivity contribution in [3.05, 3.63) is 59.9 Å². The number of anilines is 1. The summed E-state index contributed by atoms with van der Waals surface area (Å²) in [4.78, 5) is -0.233. The van der Waals surface area contributed by atoms with Crippen molar-refractivity contribution >= 4 is 15.7 Å². The second-order valence-electron chi connectivity index (χ2n) is 4.35. The predicted molar refractivity (Wildman–Crippen MR) is 76.4 cm³/mol. The Bertz CT molecular complexity index is 688. The highest BCUT2D eigenvalue weighted by Crippen LogP contribution is 2.18. The van der Waals surface area contributed by atoms with Crippen LogP contribution in [0.5, 0.6) is 0 Å². The largest absolute Gasteiger partial charge is 0.382 e. The molecule has 0 fully saturated rings. The lowest BCUT2D eigenvalue weighted by atomic mass is 10.1. The zero-order chi connectivity index (χ0) is 14.6. The molecule has 4 nitrogen and oxygen atoms in total. The van der Waals surface area contributed by atoms with Crippen molar-refractivity contribution < 1.29 is 12.8 Å². The van der Waals surface area contributed by atoms with Gasteiger partial charge in [0.25, 0.3) is 0 Å². The average Bonchev–Trinajstić information content (AvgIpc) is 2.40. The van der Waals surface area contributed by atoms with Gasteiger partial charge in [0, 0.05) is 6.54 Å². The minimum Gasteiger partial charge on any atom is -0.382 e. The van der Waals surface area contributed by atoms with Gasteiger partial charge in [0.05, 0.1) is 10.6 Å². The van der Waals surface area contributed by atoms with E-state index in [4.69, 9.17) is 5.14 Å². The fraction of sp³-hybridized carbons (Fsp3) is 0.143. The van der Waals surface area contributed by atoms with Crippen molar-refractivity contribution in [3.8, 4) is 0 Å². The molecule has 0 aliphatic rings. The lowest BCUT2D eigenvalue weighted by Gasteiger charge is -2.08. The van der Waals surface area contributed by atoms with Crippen molar-refractivity contribution in [2.75, 3.05) is 11.9 Å². The maximum absolute atomic E-state index is 13.7. The van der Waals surface area contributed by atoms with E-state index in [9.17, 15) is 12.8 Å². The number of sulfonamides is 1. The molecule has 0 radical (unpaired) electrons. The standard InChI is InChI=1S/C14H15FN2O2S/c15-13-10-12(20(16,18)19)6-7-14(13)17-9-8-11-4-2-1-3-5-11/h1-7,10,17H,8-9H2,(H2,16,18,19). The van der Waals surface area contributed by atoms with Gasteiger partial charge in [-0.1, -0.05) is 30.3 Å². The van der Waals surface area contributed by atoms with Crippen LogP contribution in [0, 0.1) is 5.82 Å². The zero-order valence-electron chi connectivity index (χ0n) is 10.7. The maximum atomic E-state index is 13.7. The molecule has 0 saturated carbocycles. The van der Waals surface area contributed by atoms with E-state index in [1.807, 2.05) is 30.3 Å². The second kappa shape index (κ2) is 6.02. The molecule has 0 saturated heterocycles. The Morgan fingerprint density at radius 3 is 2.40 bits per heavy atom. The Kier molecular flexibility index (Phi) is 4.36. The van der Waals surface area contributed by atoms with Crippen molar-refractivity contribution in [3.63, 3.8) is 0 Å². The molecule has 2 rings (SSSR count). The van der Waals surface area contributed by atoms with Crippen LogP contribution in [0.2, 0.25) is 0 Å². The van der Waals surface area contributed by atoms with E-state index in [-0.39, 0.29) is 10.6 Å². The van der Waals surface area contributed by atoms with E-state index in [2.05, 4.69) is 5.32 Å². The van der Waals surface area contributed by atoms with Crippen molar-refractivity contribution in [2.24, 2.45) is 5.14 Å². The summed E-state index contributed by atoms with van der Waals surface area (Å²) in [5, 5.41) is 7.87. The molecule has 0 aromatic heterocycles. The van der Waals surface area contributed by atoms with Crippen LogP contribution in [-0.2, 0) is 16.4 Å². The minimum absolute atomic E-state index is 0.233. The highest BCUT2D eigenvalue weighted by molar-refractivity contribution is 7.89. The normalized spacial score (nSPS) is 11.3. The van der Waals surface area contributed by atoms with Gasteiger partial charge < -0.3 is 5.32 Å². The van der Waals surface area contributed by atoms with E-state index >= 15 is 0 Å². The molecule has 0 atom stereocenters. The van der Waals surface area contributed by atoms with E-state index in [0.29, 0.717) is 6.54 Å². The summed E-state index contributed by atoms with van der Waals surface area (Å²) in [6, 6.07) is 13.4. The Morgan fingerprint density at radius 2 is 1.80 bits per heavy atom. The van der Waals surface area contributed by atoms with E-state index < -0.39 is 15.8 Å². The van der Waals surface area contributed by atoms with Crippen LogP contribution in [0.15, 0.2) is 53.4 Å². The highest BCUT2D eigenvalue weighted by Gasteiger charge is 2.11. The summed E-state index contributed by atoms with van der Waals surface area (Å²) in [5.74, 6) is -0.635. The average molecular weight is 294 g/mol. The Morgan fingerprint density at radius 1 is 1.10 bits per heavy atom. The van der Waals surface area contributed by atoms with Gasteiger partial charge in [-0.3, -0.25) is 0 Å². The van der Waals surface area contributed by atoms with Gasteiger partial charge >= 0.3 is 0 Å². The molecule has 0 bridgehead atoms. The molecule has 0 heterocycles. The van der Waals surface area contributed by atoms with Gasteiger partial charge in [0.1, 0.15) is 5.82 Å². The molecule has 0 aliphatic carbocycles. The summed E-state index contributed by atoms with van der Waals surface area (Å²) in [6.45, 7) is 0.551. The summed E-state index contributed by atoms with van der Waals surface area (Å²) >= 11 is 0. The Labute approximate surface area is 117 Å². The number of nitrogens with one attached hydrogen (secondary N) is 1. The third kappa shape index (κ3) is 3.79. The summed E-state index contributed by atoms with van der Waals surface area (Å²) in [7, 11) is -3.87. The second-order valence-corrected chi connectivity index (χ2v) is 5.91. The smallest absolute Gasteiger partial charge is 0.238 e.